The normalized spacial score (nSPS) is 27.8. The van der Waals surface area contributed by atoms with E-state index in [2.05, 4.69) is 0 Å². The van der Waals surface area contributed by atoms with Crippen molar-refractivity contribution in [2.24, 2.45) is 5.92 Å². The topological polar surface area (TPSA) is 66.8 Å². The smallest absolute Gasteiger partial charge is 0.326 e. The SMILES string of the molecule is O=C(O)C(CC1CCCCC1)N1C(=O)/C(=C/C=C/C2CCCO2)SC1=S. The van der Waals surface area contributed by atoms with Crippen LogP contribution in [-0.2, 0) is 14.3 Å². The van der Waals surface area contributed by atoms with Crippen molar-refractivity contribution >= 4 is 40.2 Å². The van der Waals surface area contributed by atoms with Gasteiger partial charge in [0, 0.05) is 6.61 Å². The second kappa shape index (κ2) is 9.15. The van der Waals surface area contributed by atoms with Gasteiger partial charge in [0.2, 0.25) is 0 Å². The molecule has 2 aliphatic heterocycles. The van der Waals surface area contributed by atoms with Crippen LogP contribution in [0.4, 0.5) is 0 Å². The average molecular weight is 396 g/mol. The fourth-order valence-corrected chi connectivity index (χ4v) is 5.15. The third-order valence-corrected chi connectivity index (χ3v) is 6.59. The summed E-state index contributed by atoms with van der Waals surface area (Å²) in [4.78, 5) is 26.4. The van der Waals surface area contributed by atoms with Gasteiger partial charge in [-0.2, -0.15) is 0 Å². The number of hydrogen-bond acceptors (Lipinski definition) is 5. The Hall–Kier alpha value is -1.18. The minimum Gasteiger partial charge on any atom is -0.480 e. The number of aliphatic carboxylic acids is 1. The van der Waals surface area contributed by atoms with E-state index < -0.39 is 12.0 Å². The lowest BCUT2D eigenvalue weighted by molar-refractivity contribution is -0.146. The minimum absolute atomic E-state index is 0.106. The first-order valence-corrected chi connectivity index (χ1v) is 10.6. The number of carboxylic acids is 1. The Bertz CT molecular complexity index is 619. The standard InChI is InChI=1S/C19H25NO4S2/c21-17-16(10-4-8-14-9-5-11-24-14)26-19(25)20(17)15(18(22)23)12-13-6-2-1-3-7-13/h4,8,10,13-15H,1-3,5-7,9,11-12H2,(H,22,23)/b8-4+,16-10-. The summed E-state index contributed by atoms with van der Waals surface area (Å²) >= 11 is 6.52. The van der Waals surface area contributed by atoms with Crippen molar-refractivity contribution in [1.82, 2.24) is 4.90 Å². The summed E-state index contributed by atoms with van der Waals surface area (Å²) in [5.74, 6) is -0.902. The van der Waals surface area contributed by atoms with E-state index >= 15 is 0 Å². The van der Waals surface area contributed by atoms with Gasteiger partial charge >= 0.3 is 5.97 Å². The van der Waals surface area contributed by atoms with E-state index in [9.17, 15) is 14.7 Å². The third-order valence-electron chi connectivity index (χ3n) is 5.24. The summed E-state index contributed by atoms with van der Waals surface area (Å²) in [6, 6.07) is -0.862. The van der Waals surface area contributed by atoms with E-state index in [0.29, 0.717) is 21.6 Å². The number of thioether (sulfide) groups is 1. The highest BCUT2D eigenvalue weighted by Gasteiger charge is 2.41. The van der Waals surface area contributed by atoms with Gasteiger partial charge in [-0.1, -0.05) is 68.2 Å². The van der Waals surface area contributed by atoms with Crippen LogP contribution < -0.4 is 0 Å². The molecule has 0 aromatic heterocycles. The number of allylic oxidation sites excluding steroid dienone is 2. The van der Waals surface area contributed by atoms with Crippen molar-refractivity contribution in [1.29, 1.82) is 0 Å². The zero-order chi connectivity index (χ0) is 18.5. The number of ether oxygens (including phenoxy) is 1. The van der Waals surface area contributed by atoms with Gasteiger partial charge in [-0.25, -0.2) is 4.79 Å². The molecule has 3 fully saturated rings. The lowest BCUT2D eigenvalue weighted by Gasteiger charge is -2.29. The van der Waals surface area contributed by atoms with Crippen molar-refractivity contribution < 1.29 is 19.4 Å². The Morgan fingerprint density at radius 1 is 1.31 bits per heavy atom. The highest BCUT2D eigenvalue weighted by Crippen LogP contribution is 2.36. The van der Waals surface area contributed by atoms with Crippen LogP contribution >= 0.6 is 24.0 Å². The molecule has 26 heavy (non-hydrogen) atoms. The lowest BCUT2D eigenvalue weighted by Crippen LogP contribution is -2.45. The van der Waals surface area contributed by atoms with Crippen LogP contribution in [0.5, 0.6) is 0 Å². The van der Waals surface area contributed by atoms with E-state index in [4.69, 9.17) is 17.0 Å². The molecule has 3 rings (SSSR count). The largest absolute Gasteiger partial charge is 0.480 e. The van der Waals surface area contributed by atoms with Crippen LogP contribution in [0.25, 0.3) is 0 Å². The van der Waals surface area contributed by atoms with Gasteiger partial charge in [0.1, 0.15) is 10.4 Å². The molecule has 5 nitrogen and oxygen atoms in total. The van der Waals surface area contributed by atoms with Crippen LogP contribution in [0.15, 0.2) is 23.1 Å². The van der Waals surface area contributed by atoms with Crippen LogP contribution in [0, 0.1) is 5.92 Å². The molecule has 142 valence electrons. The summed E-state index contributed by atoms with van der Waals surface area (Å²) in [5.41, 5.74) is 0. The van der Waals surface area contributed by atoms with Crippen molar-refractivity contribution in [2.75, 3.05) is 6.61 Å². The first-order valence-electron chi connectivity index (χ1n) is 9.34. The monoisotopic (exact) mass is 395 g/mol. The number of carbonyl (C=O) groups excluding carboxylic acids is 1. The molecule has 2 heterocycles. The first-order chi connectivity index (χ1) is 12.6. The third kappa shape index (κ3) is 4.75. The fourth-order valence-electron chi connectivity index (χ4n) is 3.84. The summed E-state index contributed by atoms with van der Waals surface area (Å²) in [7, 11) is 0. The summed E-state index contributed by atoms with van der Waals surface area (Å²) in [6.07, 6.45) is 13.7. The van der Waals surface area contributed by atoms with E-state index in [-0.39, 0.29) is 12.0 Å². The number of hydrogen-bond donors (Lipinski definition) is 1. The summed E-state index contributed by atoms with van der Waals surface area (Å²) in [6.45, 7) is 0.776. The molecule has 3 aliphatic rings. The van der Waals surface area contributed by atoms with Gasteiger partial charge < -0.3 is 9.84 Å². The second-order valence-electron chi connectivity index (χ2n) is 7.10. The molecule has 2 unspecified atom stereocenters. The maximum atomic E-state index is 12.8. The van der Waals surface area contributed by atoms with Crippen LogP contribution in [-0.4, -0.2) is 45.0 Å². The van der Waals surface area contributed by atoms with E-state index in [1.54, 1.807) is 6.08 Å². The van der Waals surface area contributed by atoms with E-state index in [1.165, 1.54) is 23.1 Å². The van der Waals surface area contributed by atoms with E-state index in [1.807, 2.05) is 12.2 Å². The second-order valence-corrected chi connectivity index (χ2v) is 8.78. The number of carbonyl (C=O) groups is 2. The molecule has 0 radical (unpaired) electrons. The number of thiocarbonyl (C=S) groups is 1. The maximum absolute atomic E-state index is 12.8. The Labute approximate surface area is 163 Å². The average Bonchev–Trinajstić information content (AvgIpc) is 3.23. The summed E-state index contributed by atoms with van der Waals surface area (Å²) in [5, 5.41) is 9.69. The van der Waals surface area contributed by atoms with Crippen LogP contribution in [0.2, 0.25) is 0 Å². The maximum Gasteiger partial charge on any atom is 0.326 e. The molecule has 0 bridgehead atoms. The molecule has 1 aliphatic carbocycles. The van der Waals surface area contributed by atoms with Gasteiger partial charge in [-0.3, -0.25) is 9.69 Å². The molecule has 2 saturated heterocycles. The first kappa shape index (κ1) is 19.6. The Morgan fingerprint density at radius 2 is 2.08 bits per heavy atom. The number of carboxylic acid groups (broad SMARTS) is 1. The molecule has 2 atom stereocenters. The molecule has 0 spiro atoms. The Balaban J connectivity index is 1.67. The van der Waals surface area contributed by atoms with Crippen molar-refractivity contribution in [3.63, 3.8) is 0 Å². The fraction of sp³-hybridized carbons (Fsp3) is 0.632. The predicted molar refractivity (Wildman–Crippen MR) is 106 cm³/mol. The van der Waals surface area contributed by atoms with Crippen LogP contribution in [0.3, 0.4) is 0 Å². The van der Waals surface area contributed by atoms with Crippen molar-refractivity contribution in [2.45, 2.75) is 63.5 Å². The van der Waals surface area contributed by atoms with Gasteiger partial charge in [-0.15, -0.1) is 0 Å². The van der Waals surface area contributed by atoms with Crippen LogP contribution in [0.1, 0.15) is 51.4 Å². The number of amides is 1. The van der Waals surface area contributed by atoms with Gasteiger partial charge in [-0.05, 0) is 31.3 Å². The summed E-state index contributed by atoms with van der Waals surface area (Å²) < 4.78 is 5.86. The molecule has 0 aromatic rings. The quantitative estimate of drug-likeness (QED) is 0.544. The van der Waals surface area contributed by atoms with Gasteiger partial charge in [0.15, 0.2) is 0 Å². The highest BCUT2D eigenvalue weighted by molar-refractivity contribution is 8.26. The minimum atomic E-state index is -0.969. The predicted octanol–water partition coefficient (Wildman–Crippen LogP) is 3.89. The highest BCUT2D eigenvalue weighted by atomic mass is 32.2. The molecular weight excluding hydrogens is 370 g/mol. The molecule has 0 aromatic carbocycles. The molecule has 1 amide bonds. The zero-order valence-electron chi connectivity index (χ0n) is 14.8. The molecule has 1 N–H and O–H groups in total. The van der Waals surface area contributed by atoms with Crippen molar-refractivity contribution in [3.05, 3.63) is 23.1 Å². The molecule has 7 heteroatoms. The molecule has 1 saturated carbocycles. The van der Waals surface area contributed by atoms with Gasteiger partial charge in [0.25, 0.3) is 5.91 Å². The lowest BCUT2D eigenvalue weighted by atomic mass is 9.84. The van der Waals surface area contributed by atoms with Crippen molar-refractivity contribution in [3.8, 4) is 0 Å². The Kier molecular flexibility index (Phi) is 6.89. The van der Waals surface area contributed by atoms with E-state index in [0.717, 1.165) is 45.1 Å². The Morgan fingerprint density at radius 3 is 2.73 bits per heavy atom. The number of rotatable bonds is 6. The molecular formula is C19H25NO4S2. The zero-order valence-corrected chi connectivity index (χ0v) is 16.4. The number of nitrogens with zero attached hydrogens (tertiary/aromatic N) is 1. The van der Waals surface area contributed by atoms with Gasteiger partial charge in [0.05, 0.1) is 11.0 Å².